The van der Waals surface area contributed by atoms with Crippen molar-refractivity contribution >= 4 is 0 Å². The molecule has 0 N–H and O–H groups in total. The minimum Gasteiger partial charge on any atom is -0.231 e. The zero-order valence-electron chi connectivity index (χ0n) is 13.9. The fourth-order valence-corrected chi connectivity index (χ4v) is 5.41. The van der Waals surface area contributed by atoms with Crippen LogP contribution in [0.25, 0.3) is 0 Å². The fourth-order valence-electron chi connectivity index (χ4n) is 5.41. The van der Waals surface area contributed by atoms with Gasteiger partial charge >= 0.3 is 0 Å². The van der Waals surface area contributed by atoms with Gasteiger partial charge in [-0.1, -0.05) is 51.5 Å². The van der Waals surface area contributed by atoms with Crippen molar-refractivity contribution in [2.75, 3.05) is 0 Å². The molecule has 0 heterocycles. The molecule has 1 atom stereocenters. The highest BCUT2D eigenvalue weighted by Crippen LogP contribution is 2.60. The molecule has 0 nitrogen and oxygen atoms in total. The summed E-state index contributed by atoms with van der Waals surface area (Å²) in [6, 6.07) is 0. The second-order valence-corrected chi connectivity index (χ2v) is 7.74. The molecule has 1 unspecified atom stereocenters. The molecule has 3 aliphatic rings. The Balaban J connectivity index is 1.90. The maximum atomic E-state index is 15.9. The molecule has 0 amide bonds. The van der Waals surface area contributed by atoms with Gasteiger partial charge in [-0.25, -0.2) is 8.78 Å². The van der Waals surface area contributed by atoms with Gasteiger partial charge in [0.1, 0.15) is 5.83 Å². The number of allylic oxidation sites excluding steroid dienone is 4. The predicted octanol–water partition coefficient (Wildman–Crippen LogP) is 6.67. The van der Waals surface area contributed by atoms with Gasteiger partial charge in [0.2, 0.25) is 0 Å². The van der Waals surface area contributed by atoms with Crippen molar-refractivity contribution in [3.8, 4) is 0 Å². The lowest BCUT2D eigenvalue weighted by atomic mass is 9.53. The Hall–Kier alpha value is -0.660. The van der Waals surface area contributed by atoms with Crippen LogP contribution in [-0.4, -0.2) is 5.67 Å². The Morgan fingerprint density at radius 2 is 1.77 bits per heavy atom. The molecule has 2 heteroatoms. The Bertz CT molecular complexity index is 437. The topological polar surface area (TPSA) is 0 Å². The Kier molecular flexibility index (Phi) is 4.75. The lowest BCUT2D eigenvalue weighted by molar-refractivity contribution is -0.0573. The summed E-state index contributed by atoms with van der Waals surface area (Å²) in [6.07, 6.45) is 16.2. The van der Waals surface area contributed by atoms with Crippen molar-refractivity contribution in [1.29, 1.82) is 0 Å². The van der Waals surface area contributed by atoms with Crippen LogP contribution in [0.3, 0.4) is 0 Å². The molecule has 0 bridgehead atoms. The minimum atomic E-state index is -1.84. The third kappa shape index (κ3) is 2.57. The molecule has 0 aromatic rings. The number of hydrogen-bond acceptors (Lipinski definition) is 0. The Morgan fingerprint density at radius 1 is 1.09 bits per heavy atom. The van der Waals surface area contributed by atoms with Crippen molar-refractivity contribution in [1.82, 2.24) is 0 Å². The van der Waals surface area contributed by atoms with Crippen LogP contribution in [0.15, 0.2) is 24.1 Å². The molecule has 0 aromatic carbocycles. The summed E-state index contributed by atoms with van der Waals surface area (Å²) >= 11 is 0. The molecule has 2 fully saturated rings. The summed E-state index contributed by atoms with van der Waals surface area (Å²) in [5, 5.41) is 0. The van der Waals surface area contributed by atoms with Gasteiger partial charge in [-0.3, -0.25) is 0 Å². The van der Waals surface area contributed by atoms with Crippen LogP contribution in [0.2, 0.25) is 0 Å². The Labute approximate surface area is 134 Å². The Morgan fingerprint density at radius 3 is 2.36 bits per heavy atom. The number of halogens is 2. The third-order valence-electron chi connectivity index (χ3n) is 6.80. The first-order valence-corrected chi connectivity index (χ1v) is 9.35. The van der Waals surface area contributed by atoms with Gasteiger partial charge in [-0.15, -0.1) is 0 Å². The summed E-state index contributed by atoms with van der Waals surface area (Å²) in [5.41, 5.74) is -2.32. The molecule has 3 aliphatic carbocycles. The molecule has 0 saturated heterocycles. The molecule has 0 aromatic heterocycles. The lowest BCUT2D eigenvalue weighted by Crippen LogP contribution is -2.51. The van der Waals surface area contributed by atoms with E-state index in [1.54, 1.807) is 6.08 Å². The van der Waals surface area contributed by atoms with Crippen LogP contribution in [0.4, 0.5) is 8.78 Å². The highest BCUT2D eigenvalue weighted by Gasteiger charge is 2.58. The van der Waals surface area contributed by atoms with Crippen LogP contribution >= 0.6 is 0 Å². The summed E-state index contributed by atoms with van der Waals surface area (Å²) in [4.78, 5) is 0. The van der Waals surface area contributed by atoms with Crippen LogP contribution in [0.5, 0.6) is 0 Å². The van der Waals surface area contributed by atoms with E-state index in [4.69, 9.17) is 0 Å². The standard InChI is InChI=1S/C20H30F2/c1-2-16-9-11-17(12-10-16)19(13-5-3-6-14-19)20(22)15-7-4-8-18(20)21/h7-8,15-17H,2-6,9-14H2,1H3. The zero-order chi connectivity index (χ0) is 15.6. The SMILES string of the molecule is CCC1CCC(C2(C3(F)C=CCC=C3F)CCCCC2)CC1. The van der Waals surface area contributed by atoms with E-state index in [0.29, 0.717) is 12.3 Å². The summed E-state index contributed by atoms with van der Waals surface area (Å²) in [5.74, 6) is 0.645. The highest BCUT2D eigenvalue weighted by atomic mass is 19.2. The van der Waals surface area contributed by atoms with Crippen molar-refractivity contribution < 1.29 is 8.78 Å². The highest BCUT2D eigenvalue weighted by molar-refractivity contribution is 5.31. The summed E-state index contributed by atoms with van der Waals surface area (Å²) in [7, 11) is 0. The molecule has 3 rings (SSSR count). The molecular weight excluding hydrogens is 278 g/mol. The molecule has 124 valence electrons. The maximum Gasteiger partial charge on any atom is 0.185 e. The van der Waals surface area contributed by atoms with Crippen molar-refractivity contribution in [2.24, 2.45) is 17.3 Å². The van der Waals surface area contributed by atoms with Gasteiger partial charge in [-0.05, 0) is 56.1 Å². The quantitative estimate of drug-likeness (QED) is 0.510. The first kappa shape index (κ1) is 16.2. The molecule has 22 heavy (non-hydrogen) atoms. The summed E-state index contributed by atoms with van der Waals surface area (Å²) in [6.45, 7) is 2.25. The van der Waals surface area contributed by atoms with Gasteiger partial charge in [0.15, 0.2) is 5.67 Å². The van der Waals surface area contributed by atoms with E-state index in [2.05, 4.69) is 6.92 Å². The normalized spacial score (nSPS) is 38.6. The van der Waals surface area contributed by atoms with Crippen LogP contribution < -0.4 is 0 Å². The van der Waals surface area contributed by atoms with Crippen LogP contribution in [-0.2, 0) is 0 Å². The van der Waals surface area contributed by atoms with Crippen LogP contribution in [0, 0.1) is 17.3 Å². The first-order valence-electron chi connectivity index (χ1n) is 9.35. The second-order valence-electron chi connectivity index (χ2n) is 7.74. The van der Waals surface area contributed by atoms with Crippen molar-refractivity contribution in [2.45, 2.75) is 83.2 Å². The fraction of sp³-hybridized carbons (Fsp3) is 0.800. The van der Waals surface area contributed by atoms with E-state index in [1.165, 1.54) is 31.8 Å². The van der Waals surface area contributed by atoms with Crippen molar-refractivity contribution in [3.63, 3.8) is 0 Å². The van der Waals surface area contributed by atoms with E-state index in [0.717, 1.165) is 44.4 Å². The van der Waals surface area contributed by atoms with Gasteiger partial charge in [0.05, 0.1) is 0 Å². The van der Waals surface area contributed by atoms with Gasteiger partial charge in [0.25, 0.3) is 0 Å². The van der Waals surface area contributed by atoms with Crippen LogP contribution in [0.1, 0.15) is 77.6 Å². The number of alkyl halides is 1. The van der Waals surface area contributed by atoms with E-state index >= 15 is 4.39 Å². The molecular formula is C20H30F2. The van der Waals surface area contributed by atoms with Crippen molar-refractivity contribution in [3.05, 3.63) is 24.1 Å². The largest absolute Gasteiger partial charge is 0.231 e. The second kappa shape index (κ2) is 6.45. The predicted molar refractivity (Wildman–Crippen MR) is 88.0 cm³/mol. The monoisotopic (exact) mass is 308 g/mol. The number of rotatable bonds is 3. The van der Waals surface area contributed by atoms with E-state index in [-0.39, 0.29) is 0 Å². The average molecular weight is 308 g/mol. The molecule has 0 radical (unpaired) electrons. The number of hydrogen-bond donors (Lipinski definition) is 0. The minimum absolute atomic E-state index is 0.350. The third-order valence-corrected chi connectivity index (χ3v) is 6.80. The van der Waals surface area contributed by atoms with E-state index in [9.17, 15) is 4.39 Å². The molecule has 2 saturated carbocycles. The zero-order valence-corrected chi connectivity index (χ0v) is 13.9. The first-order chi connectivity index (χ1) is 10.6. The van der Waals surface area contributed by atoms with Gasteiger partial charge in [-0.2, -0.15) is 0 Å². The molecule has 0 spiro atoms. The van der Waals surface area contributed by atoms with E-state index < -0.39 is 16.9 Å². The van der Waals surface area contributed by atoms with E-state index in [1.807, 2.05) is 6.08 Å². The summed E-state index contributed by atoms with van der Waals surface area (Å²) < 4.78 is 30.5. The lowest BCUT2D eigenvalue weighted by Gasteiger charge is -2.53. The molecule has 0 aliphatic heterocycles. The average Bonchev–Trinajstić information content (AvgIpc) is 2.58. The smallest absolute Gasteiger partial charge is 0.185 e. The van der Waals surface area contributed by atoms with Gasteiger partial charge < -0.3 is 0 Å². The maximum absolute atomic E-state index is 15.9. The van der Waals surface area contributed by atoms with Gasteiger partial charge in [0, 0.05) is 5.41 Å².